The SMILES string of the molecule is CC1CCCC(/C=C/c2ccc(Cl)cc2Cl)N1. The topological polar surface area (TPSA) is 12.0 Å². The van der Waals surface area contributed by atoms with Gasteiger partial charge in [0.25, 0.3) is 0 Å². The zero-order valence-electron chi connectivity index (χ0n) is 9.92. The molecule has 0 spiro atoms. The molecular formula is C14H17Cl2N. The first-order valence-corrected chi connectivity index (χ1v) is 6.80. The van der Waals surface area contributed by atoms with Gasteiger partial charge in [-0.2, -0.15) is 0 Å². The maximum atomic E-state index is 6.12. The third-order valence-electron chi connectivity index (χ3n) is 3.12. The van der Waals surface area contributed by atoms with Crippen LogP contribution in [-0.4, -0.2) is 12.1 Å². The monoisotopic (exact) mass is 269 g/mol. The van der Waals surface area contributed by atoms with Crippen LogP contribution < -0.4 is 5.32 Å². The second-order valence-electron chi connectivity index (χ2n) is 4.63. The molecule has 92 valence electrons. The van der Waals surface area contributed by atoms with Gasteiger partial charge in [-0.05, 0) is 37.5 Å². The predicted octanol–water partition coefficient (Wildman–Crippen LogP) is 4.54. The van der Waals surface area contributed by atoms with Crippen molar-refractivity contribution >= 4 is 29.3 Å². The Morgan fingerprint density at radius 1 is 1.29 bits per heavy atom. The third-order valence-corrected chi connectivity index (χ3v) is 3.68. The molecule has 1 fully saturated rings. The summed E-state index contributed by atoms with van der Waals surface area (Å²) in [4.78, 5) is 0. The Labute approximate surface area is 113 Å². The second kappa shape index (κ2) is 5.90. The van der Waals surface area contributed by atoms with Crippen LogP contribution in [0.4, 0.5) is 0 Å². The van der Waals surface area contributed by atoms with E-state index in [0.717, 1.165) is 5.56 Å². The van der Waals surface area contributed by atoms with E-state index in [1.165, 1.54) is 19.3 Å². The van der Waals surface area contributed by atoms with Gasteiger partial charge in [-0.3, -0.25) is 0 Å². The number of hydrogen-bond acceptors (Lipinski definition) is 1. The molecule has 0 radical (unpaired) electrons. The minimum absolute atomic E-state index is 0.463. The Morgan fingerprint density at radius 3 is 2.82 bits per heavy atom. The molecule has 0 aliphatic carbocycles. The summed E-state index contributed by atoms with van der Waals surface area (Å²) in [5.41, 5.74) is 1.02. The maximum absolute atomic E-state index is 6.12. The van der Waals surface area contributed by atoms with Crippen molar-refractivity contribution in [3.05, 3.63) is 39.9 Å². The van der Waals surface area contributed by atoms with Crippen molar-refractivity contribution in [1.29, 1.82) is 0 Å². The van der Waals surface area contributed by atoms with E-state index in [0.29, 0.717) is 22.1 Å². The highest BCUT2D eigenvalue weighted by atomic mass is 35.5. The van der Waals surface area contributed by atoms with E-state index < -0.39 is 0 Å². The lowest BCUT2D eigenvalue weighted by Crippen LogP contribution is -2.39. The highest BCUT2D eigenvalue weighted by Gasteiger charge is 2.14. The standard InChI is InChI=1S/C14H17Cl2N/c1-10-3-2-4-13(17-10)8-6-11-5-7-12(15)9-14(11)16/h5-10,13,17H,2-4H2,1H3/b8-6+. The Bertz CT molecular complexity index is 415. The molecule has 1 heterocycles. The molecule has 0 saturated carbocycles. The fourth-order valence-corrected chi connectivity index (χ4v) is 2.66. The Kier molecular flexibility index (Phi) is 4.49. The highest BCUT2D eigenvalue weighted by Crippen LogP contribution is 2.23. The number of piperidine rings is 1. The van der Waals surface area contributed by atoms with Gasteiger partial charge in [-0.1, -0.05) is 47.8 Å². The van der Waals surface area contributed by atoms with Gasteiger partial charge in [0.05, 0.1) is 0 Å². The summed E-state index contributed by atoms with van der Waals surface area (Å²) in [6.07, 6.45) is 8.04. The quantitative estimate of drug-likeness (QED) is 0.832. The lowest BCUT2D eigenvalue weighted by molar-refractivity contribution is 0.375. The molecule has 1 aromatic rings. The summed E-state index contributed by atoms with van der Waals surface area (Å²) >= 11 is 12.0. The molecule has 2 rings (SSSR count). The fraction of sp³-hybridized carbons (Fsp3) is 0.429. The van der Waals surface area contributed by atoms with Crippen LogP contribution in [-0.2, 0) is 0 Å². The van der Waals surface area contributed by atoms with Crippen LogP contribution in [0, 0.1) is 0 Å². The summed E-state index contributed by atoms with van der Waals surface area (Å²) in [5, 5.41) is 4.94. The zero-order chi connectivity index (χ0) is 12.3. The van der Waals surface area contributed by atoms with E-state index in [1.54, 1.807) is 6.07 Å². The second-order valence-corrected chi connectivity index (χ2v) is 5.47. The number of rotatable bonds is 2. The average molecular weight is 270 g/mol. The molecule has 3 heteroatoms. The van der Waals surface area contributed by atoms with Crippen LogP contribution in [0.2, 0.25) is 10.0 Å². The van der Waals surface area contributed by atoms with Gasteiger partial charge < -0.3 is 5.32 Å². The van der Waals surface area contributed by atoms with Crippen molar-refractivity contribution < 1.29 is 0 Å². The lowest BCUT2D eigenvalue weighted by Gasteiger charge is -2.26. The molecule has 17 heavy (non-hydrogen) atoms. The Balaban J connectivity index is 2.04. The van der Waals surface area contributed by atoms with E-state index in [1.807, 2.05) is 12.1 Å². The fourth-order valence-electron chi connectivity index (χ4n) is 2.18. The number of benzene rings is 1. The van der Waals surface area contributed by atoms with Gasteiger partial charge in [0.15, 0.2) is 0 Å². The highest BCUT2D eigenvalue weighted by molar-refractivity contribution is 6.35. The van der Waals surface area contributed by atoms with Crippen LogP contribution >= 0.6 is 23.2 Å². The lowest BCUT2D eigenvalue weighted by atomic mass is 9.99. The molecular weight excluding hydrogens is 253 g/mol. The minimum Gasteiger partial charge on any atom is -0.308 e. The minimum atomic E-state index is 0.463. The molecule has 0 amide bonds. The average Bonchev–Trinajstić information content (AvgIpc) is 2.28. The van der Waals surface area contributed by atoms with Crippen LogP contribution in [0.3, 0.4) is 0 Å². The molecule has 0 bridgehead atoms. The number of nitrogens with one attached hydrogen (secondary N) is 1. The van der Waals surface area contributed by atoms with Crippen molar-refractivity contribution in [2.24, 2.45) is 0 Å². The summed E-state index contributed by atoms with van der Waals surface area (Å²) in [7, 11) is 0. The van der Waals surface area contributed by atoms with Gasteiger partial charge >= 0.3 is 0 Å². The number of hydrogen-bond donors (Lipinski definition) is 1. The molecule has 1 aliphatic heterocycles. The van der Waals surface area contributed by atoms with E-state index in [9.17, 15) is 0 Å². The molecule has 1 saturated heterocycles. The summed E-state index contributed by atoms with van der Waals surface area (Å²) in [6, 6.07) is 6.67. The first kappa shape index (κ1) is 12.9. The van der Waals surface area contributed by atoms with E-state index >= 15 is 0 Å². The van der Waals surface area contributed by atoms with Gasteiger partial charge in [0, 0.05) is 22.1 Å². The Morgan fingerprint density at radius 2 is 2.12 bits per heavy atom. The first-order valence-electron chi connectivity index (χ1n) is 6.04. The summed E-state index contributed by atoms with van der Waals surface area (Å²) in [6.45, 7) is 2.23. The predicted molar refractivity (Wildman–Crippen MR) is 75.7 cm³/mol. The molecule has 1 aliphatic rings. The zero-order valence-corrected chi connectivity index (χ0v) is 11.4. The molecule has 2 atom stereocenters. The third kappa shape index (κ3) is 3.74. The van der Waals surface area contributed by atoms with Gasteiger partial charge in [0.2, 0.25) is 0 Å². The Hall–Kier alpha value is -0.500. The van der Waals surface area contributed by atoms with E-state index in [-0.39, 0.29) is 0 Å². The molecule has 1 N–H and O–H groups in total. The van der Waals surface area contributed by atoms with Crippen LogP contribution in [0.15, 0.2) is 24.3 Å². The molecule has 1 aromatic carbocycles. The molecule has 1 nitrogen and oxygen atoms in total. The van der Waals surface area contributed by atoms with Gasteiger partial charge in [0.1, 0.15) is 0 Å². The molecule has 0 aromatic heterocycles. The largest absolute Gasteiger partial charge is 0.308 e. The smallest absolute Gasteiger partial charge is 0.0493 e. The van der Waals surface area contributed by atoms with Crippen molar-refractivity contribution in [2.75, 3.05) is 0 Å². The van der Waals surface area contributed by atoms with Gasteiger partial charge in [-0.25, -0.2) is 0 Å². The summed E-state index contributed by atoms with van der Waals surface area (Å²) in [5.74, 6) is 0. The van der Waals surface area contributed by atoms with E-state index in [4.69, 9.17) is 23.2 Å². The van der Waals surface area contributed by atoms with Crippen LogP contribution in [0.5, 0.6) is 0 Å². The molecule has 2 unspecified atom stereocenters. The van der Waals surface area contributed by atoms with E-state index in [2.05, 4.69) is 24.4 Å². The van der Waals surface area contributed by atoms with Crippen molar-refractivity contribution in [2.45, 2.75) is 38.3 Å². The number of halogens is 2. The van der Waals surface area contributed by atoms with Crippen molar-refractivity contribution in [3.63, 3.8) is 0 Å². The van der Waals surface area contributed by atoms with Crippen LogP contribution in [0.25, 0.3) is 6.08 Å². The first-order chi connectivity index (χ1) is 8.15. The van der Waals surface area contributed by atoms with Crippen LogP contribution in [0.1, 0.15) is 31.7 Å². The van der Waals surface area contributed by atoms with Crippen molar-refractivity contribution in [3.8, 4) is 0 Å². The maximum Gasteiger partial charge on any atom is 0.0493 e. The van der Waals surface area contributed by atoms with Crippen molar-refractivity contribution in [1.82, 2.24) is 5.32 Å². The normalized spacial score (nSPS) is 25.4. The van der Waals surface area contributed by atoms with Gasteiger partial charge in [-0.15, -0.1) is 0 Å². The summed E-state index contributed by atoms with van der Waals surface area (Å²) < 4.78 is 0.